The number of halogens is 1. The number of H-pyrrole nitrogens is 1. The van der Waals surface area contributed by atoms with E-state index in [2.05, 4.69) is 15.6 Å². The summed E-state index contributed by atoms with van der Waals surface area (Å²) in [6.07, 6.45) is 1.78. The number of ether oxygens (including phenoxy) is 1. The fourth-order valence-electron chi connectivity index (χ4n) is 3.35. The lowest BCUT2D eigenvalue weighted by atomic mass is 10.0. The zero-order valence-electron chi connectivity index (χ0n) is 17.5. The molecular formula is C24H23IN2O4S. The van der Waals surface area contributed by atoms with Gasteiger partial charge >= 0.3 is 0 Å². The number of benzene rings is 2. The Hall–Kier alpha value is -2.56. The first kappa shape index (κ1) is 22.6. The van der Waals surface area contributed by atoms with Gasteiger partial charge < -0.3 is 14.8 Å². The second kappa shape index (κ2) is 9.51. The van der Waals surface area contributed by atoms with Gasteiger partial charge in [-0.05, 0) is 29.3 Å². The van der Waals surface area contributed by atoms with Crippen molar-refractivity contribution in [1.82, 2.24) is 9.97 Å². The summed E-state index contributed by atoms with van der Waals surface area (Å²) in [6.45, 7) is 0.536. The molecule has 0 spiro atoms. The molecule has 0 saturated heterocycles. The lowest BCUT2D eigenvalue weighted by Gasteiger charge is -2.08. The first-order valence-corrected chi connectivity index (χ1v) is 14.5. The van der Waals surface area contributed by atoms with Crippen LogP contribution in [0.4, 0.5) is 0 Å². The standard InChI is InChI=1S/C24H23IN2O4S/c1-25-20-14-21-22(15-23(26-21)31-13-3-12-28)27-24(20)18-6-4-16(5-7-18)17-8-10-19(11-9-17)32(2,29)30/h4-11,14-15,26,28H,1,3,12-13H2,2H3. The first-order chi connectivity index (χ1) is 15.4. The molecule has 0 fully saturated rings. The topological polar surface area (TPSA) is 92.3 Å². The minimum Gasteiger partial charge on any atom is -0.479 e. The van der Waals surface area contributed by atoms with Crippen LogP contribution in [0.2, 0.25) is 0 Å². The number of aliphatic hydroxyl groups excluding tert-OH is 1. The van der Waals surface area contributed by atoms with E-state index in [1.54, 1.807) is 12.1 Å². The molecule has 2 aromatic heterocycles. The maximum atomic E-state index is 11.7. The van der Waals surface area contributed by atoms with Crippen molar-refractivity contribution in [3.8, 4) is 28.3 Å². The normalized spacial score (nSPS) is 11.7. The minimum absolute atomic E-state index is 0.0938. The van der Waals surface area contributed by atoms with Crippen molar-refractivity contribution < 1.29 is 18.3 Å². The van der Waals surface area contributed by atoms with Crippen molar-refractivity contribution >= 4 is 46.1 Å². The van der Waals surface area contributed by atoms with Gasteiger partial charge in [0.15, 0.2) is 15.7 Å². The monoisotopic (exact) mass is 562 g/mol. The number of nitrogens with zero attached hydrogens (tertiary/aromatic N) is 1. The van der Waals surface area contributed by atoms with Gasteiger partial charge in [-0.25, -0.2) is 13.4 Å². The van der Waals surface area contributed by atoms with Gasteiger partial charge in [0.25, 0.3) is 0 Å². The smallest absolute Gasteiger partial charge is 0.193 e. The van der Waals surface area contributed by atoms with E-state index in [1.807, 2.05) is 42.5 Å². The van der Waals surface area contributed by atoms with E-state index in [0.29, 0.717) is 23.8 Å². The highest BCUT2D eigenvalue weighted by molar-refractivity contribution is 14.2. The number of aromatic amines is 1. The molecule has 0 aliphatic rings. The summed E-state index contributed by atoms with van der Waals surface area (Å²) in [7, 11) is -3.21. The second-order valence-corrected chi connectivity index (χ2v) is 11.3. The van der Waals surface area contributed by atoms with Crippen molar-refractivity contribution in [2.75, 3.05) is 19.5 Å². The van der Waals surface area contributed by atoms with E-state index in [0.717, 1.165) is 37.0 Å². The zero-order chi connectivity index (χ0) is 22.7. The van der Waals surface area contributed by atoms with Crippen molar-refractivity contribution in [2.45, 2.75) is 11.3 Å². The van der Waals surface area contributed by atoms with Crippen LogP contribution in [0, 0.1) is 3.57 Å². The Morgan fingerprint density at radius 3 is 2.25 bits per heavy atom. The average Bonchev–Trinajstić information content (AvgIpc) is 3.19. The SMILES string of the molecule is C=Ic1cc2[nH]c(OCCCO)cc2nc1-c1ccc(-c2ccc(S(C)(=O)=O)cc2)cc1. The molecule has 8 heteroatoms. The van der Waals surface area contributed by atoms with Gasteiger partial charge in [0.2, 0.25) is 0 Å². The van der Waals surface area contributed by atoms with E-state index in [9.17, 15) is 8.42 Å². The highest BCUT2D eigenvalue weighted by Gasteiger charge is 2.12. The predicted molar refractivity (Wildman–Crippen MR) is 137 cm³/mol. The maximum absolute atomic E-state index is 11.7. The first-order valence-electron chi connectivity index (χ1n) is 9.96. The molecule has 0 radical (unpaired) electrons. The predicted octanol–water partition coefficient (Wildman–Crippen LogP) is 4.63. The van der Waals surface area contributed by atoms with Crippen LogP contribution in [0.3, 0.4) is 0 Å². The van der Waals surface area contributed by atoms with Gasteiger partial charge in [-0.15, -0.1) is 0 Å². The van der Waals surface area contributed by atoms with Gasteiger partial charge in [0.1, 0.15) is 0 Å². The van der Waals surface area contributed by atoms with E-state index < -0.39 is 30.6 Å². The van der Waals surface area contributed by atoms with Gasteiger partial charge in [-0.1, -0.05) is 61.6 Å². The maximum Gasteiger partial charge on any atom is 0.193 e. The van der Waals surface area contributed by atoms with Crippen molar-refractivity contribution in [1.29, 1.82) is 0 Å². The molecule has 4 rings (SSSR count). The molecule has 6 nitrogen and oxygen atoms in total. The van der Waals surface area contributed by atoms with Gasteiger partial charge in [-0.3, -0.25) is 0 Å². The van der Waals surface area contributed by atoms with Crippen LogP contribution in [0.1, 0.15) is 6.42 Å². The number of pyridine rings is 1. The Labute approximate surface area is 197 Å². The summed E-state index contributed by atoms with van der Waals surface area (Å²) < 4.78 is 34.3. The van der Waals surface area contributed by atoms with Crippen LogP contribution in [0.25, 0.3) is 33.4 Å². The summed E-state index contributed by atoms with van der Waals surface area (Å²) in [5.74, 6) is 0.638. The zero-order valence-corrected chi connectivity index (χ0v) is 20.5. The Bertz CT molecular complexity index is 1360. The summed E-state index contributed by atoms with van der Waals surface area (Å²) in [5.41, 5.74) is 5.61. The number of hydrogen-bond acceptors (Lipinski definition) is 5. The van der Waals surface area contributed by atoms with Crippen LogP contribution in [-0.4, -0.2) is 47.5 Å². The fourth-order valence-corrected chi connectivity index (χ4v) is 5.31. The third-order valence-corrected chi connectivity index (χ3v) is 7.78. The van der Waals surface area contributed by atoms with Gasteiger partial charge in [-0.2, -0.15) is 0 Å². The second-order valence-electron chi connectivity index (χ2n) is 7.32. The molecule has 32 heavy (non-hydrogen) atoms. The molecular weight excluding hydrogens is 539 g/mol. The molecule has 0 saturated carbocycles. The van der Waals surface area contributed by atoms with Crippen molar-refractivity contribution in [2.24, 2.45) is 0 Å². The van der Waals surface area contributed by atoms with E-state index in [4.69, 9.17) is 14.8 Å². The molecule has 166 valence electrons. The molecule has 0 bridgehead atoms. The van der Waals surface area contributed by atoms with Gasteiger partial charge in [0, 0.05) is 34.5 Å². The molecule has 0 aliphatic carbocycles. The van der Waals surface area contributed by atoms with Gasteiger partial charge in [0.05, 0.1) is 28.2 Å². The van der Waals surface area contributed by atoms with Crippen molar-refractivity contribution in [3.63, 3.8) is 0 Å². The van der Waals surface area contributed by atoms with E-state index in [1.165, 1.54) is 6.26 Å². The molecule has 0 atom stereocenters. The van der Waals surface area contributed by atoms with E-state index in [-0.39, 0.29) is 6.61 Å². The highest BCUT2D eigenvalue weighted by Crippen LogP contribution is 2.32. The molecule has 0 unspecified atom stereocenters. The number of nitrogens with one attached hydrogen (secondary N) is 1. The number of fused-ring (bicyclic) bond motifs is 1. The lowest BCUT2D eigenvalue weighted by molar-refractivity contribution is 0.230. The molecule has 2 aromatic carbocycles. The average molecular weight is 562 g/mol. The number of aromatic nitrogens is 2. The largest absolute Gasteiger partial charge is 0.479 e. The number of aliphatic hydroxyl groups is 1. The molecule has 2 N–H and O–H groups in total. The number of hydrogen-bond donors (Lipinski definition) is 2. The third-order valence-electron chi connectivity index (χ3n) is 5.01. The lowest BCUT2D eigenvalue weighted by Crippen LogP contribution is -1.99. The summed E-state index contributed by atoms with van der Waals surface area (Å²) in [4.78, 5) is 8.41. The van der Waals surface area contributed by atoms with Crippen molar-refractivity contribution in [3.05, 3.63) is 64.2 Å². The Balaban J connectivity index is 1.64. The molecule has 0 aliphatic heterocycles. The number of rotatable bonds is 8. The minimum atomic E-state index is -3.21. The third kappa shape index (κ3) is 4.92. The number of sulfone groups is 1. The van der Waals surface area contributed by atoms with Crippen LogP contribution in [-0.2, 0) is 9.84 Å². The summed E-state index contributed by atoms with van der Waals surface area (Å²) in [5, 5.41) is 8.92. The molecule has 0 amide bonds. The van der Waals surface area contributed by atoms with Crippen LogP contribution in [0.15, 0.2) is 65.6 Å². The molecule has 2 heterocycles. The van der Waals surface area contributed by atoms with E-state index >= 15 is 0 Å². The highest BCUT2D eigenvalue weighted by atomic mass is 127. The Morgan fingerprint density at radius 1 is 1.03 bits per heavy atom. The Kier molecular flexibility index (Phi) is 6.73. The van der Waals surface area contributed by atoms with Crippen LogP contribution < -0.4 is 4.74 Å². The molecule has 4 aromatic rings. The fraction of sp³-hybridized carbons (Fsp3) is 0.167. The van der Waals surface area contributed by atoms with Crippen LogP contribution >= 0.6 is 20.7 Å². The summed E-state index contributed by atoms with van der Waals surface area (Å²) in [6, 6.07) is 19.0. The quantitative estimate of drug-likeness (QED) is 0.241. The summed E-state index contributed by atoms with van der Waals surface area (Å²) >= 11 is -0.449. The van der Waals surface area contributed by atoms with Crippen LogP contribution in [0.5, 0.6) is 5.88 Å². The Morgan fingerprint density at radius 2 is 1.66 bits per heavy atom.